The first-order valence-electron chi connectivity index (χ1n) is 8.35. The zero-order chi connectivity index (χ0) is 19.1. The summed E-state index contributed by atoms with van der Waals surface area (Å²) in [6.45, 7) is 2.37. The number of piperazine rings is 1. The van der Waals surface area contributed by atoms with Gasteiger partial charge in [0.1, 0.15) is 10.6 Å². The summed E-state index contributed by atoms with van der Waals surface area (Å²) in [6, 6.07) is 10.6. The van der Waals surface area contributed by atoms with Crippen LogP contribution in [-0.4, -0.2) is 42.1 Å². The van der Waals surface area contributed by atoms with Crippen molar-refractivity contribution in [1.29, 1.82) is 0 Å². The number of phenolic OH excluding ortho intramolecular Hbond substituents is 1. The van der Waals surface area contributed by atoms with Gasteiger partial charge in [-0.05, 0) is 24.3 Å². The molecule has 1 fully saturated rings. The van der Waals surface area contributed by atoms with E-state index in [1.165, 1.54) is 11.3 Å². The predicted molar refractivity (Wildman–Crippen MR) is 113 cm³/mol. The Balaban J connectivity index is 1.55. The van der Waals surface area contributed by atoms with Crippen LogP contribution in [0.4, 0.5) is 5.69 Å². The van der Waals surface area contributed by atoms with Gasteiger partial charge in [-0.2, -0.15) is 0 Å². The largest absolute Gasteiger partial charge is 0.506 e. The third-order valence-corrected chi connectivity index (χ3v) is 6.76. The second-order valence-electron chi connectivity index (χ2n) is 6.27. The van der Waals surface area contributed by atoms with Crippen molar-refractivity contribution in [2.75, 3.05) is 31.1 Å². The first kappa shape index (κ1) is 18.7. The summed E-state index contributed by atoms with van der Waals surface area (Å²) < 4.78 is 0.800. The lowest BCUT2D eigenvalue weighted by Crippen LogP contribution is -2.48. The van der Waals surface area contributed by atoms with Crippen molar-refractivity contribution in [2.45, 2.75) is 0 Å². The average molecular weight is 442 g/mol. The molecule has 0 saturated carbocycles. The number of hydrogen-bond acceptors (Lipinski definition) is 4. The fourth-order valence-electron chi connectivity index (χ4n) is 3.27. The molecule has 1 N–H and O–H groups in total. The van der Waals surface area contributed by atoms with E-state index in [2.05, 4.69) is 4.90 Å². The summed E-state index contributed by atoms with van der Waals surface area (Å²) >= 11 is 20.1. The number of aromatic hydroxyl groups is 1. The molecule has 2 aromatic carbocycles. The number of benzene rings is 2. The molecule has 0 bridgehead atoms. The second-order valence-corrected chi connectivity index (χ2v) is 8.55. The number of phenols is 1. The van der Waals surface area contributed by atoms with Gasteiger partial charge in [0.05, 0.1) is 15.7 Å². The van der Waals surface area contributed by atoms with Crippen molar-refractivity contribution < 1.29 is 9.90 Å². The van der Waals surface area contributed by atoms with Crippen LogP contribution in [0.3, 0.4) is 0 Å². The highest BCUT2D eigenvalue weighted by atomic mass is 35.5. The quantitative estimate of drug-likeness (QED) is 0.568. The summed E-state index contributed by atoms with van der Waals surface area (Å²) in [4.78, 5) is 17.3. The molecule has 1 aliphatic rings. The zero-order valence-electron chi connectivity index (χ0n) is 14.1. The van der Waals surface area contributed by atoms with Crippen LogP contribution in [0.5, 0.6) is 5.75 Å². The van der Waals surface area contributed by atoms with Crippen LogP contribution in [0.2, 0.25) is 15.1 Å². The zero-order valence-corrected chi connectivity index (χ0v) is 17.2. The lowest BCUT2D eigenvalue weighted by molar-refractivity contribution is 0.0752. The maximum absolute atomic E-state index is 13.0. The molecule has 1 aliphatic heterocycles. The van der Waals surface area contributed by atoms with Crippen LogP contribution < -0.4 is 4.90 Å². The summed E-state index contributed by atoms with van der Waals surface area (Å²) in [5, 5.41) is 12.0. The molecule has 1 saturated heterocycles. The first-order valence-corrected chi connectivity index (χ1v) is 10.3. The molecule has 4 nitrogen and oxygen atoms in total. The van der Waals surface area contributed by atoms with E-state index >= 15 is 0 Å². The molecule has 27 heavy (non-hydrogen) atoms. The molecule has 3 aromatic rings. The van der Waals surface area contributed by atoms with E-state index in [0.717, 1.165) is 10.4 Å². The number of amides is 1. The molecule has 2 heterocycles. The van der Waals surface area contributed by atoms with Gasteiger partial charge >= 0.3 is 0 Å². The van der Waals surface area contributed by atoms with Crippen molar-refractivity contribution in [3.63, 3.8) is 0 Å². The standard InChI is InChI=1S/C19H15Cl3N2O2S/c20-11-9-12(21)16-15(10-11)27-18(17(16)22)19(26)24-7-5-23(6-8-24)13-3-1-2-4-14(13)25/h1-4,9-10,25H,5-8H2. The molecule has 4 rings (SSSR count). The molecule has 1 aromatic heterocycles. The van der Waals surface area contributed by atoms with E-state index in [0.29, 0.717) is 51.5 Å². The van der Waals surface area contributed by atoms with E-state index < -0.39 is 0 Å². The van der Waals surface area contributed by atoms with Gasteiger partial charge in [0.15, 0.2) is 0 Å². The smallest absolute Gasteiger partial charge is 0.265 e. The number of thiophene rings is 1. The molecular weight excluding hydrogens is 427 g/mol. The maximum Gasteiger partial charge on any atom is 0.265 e. The number of carbonyl (C=O) groups excluding carboxylic acids is 1. The Morgan fingerprint density at radius 3 is 2.44 bits per heavy atom. The van der Waals surface area contributed by atoms with Crippen LogP contribution in [0.25, 0.3) is 10.1 Å². The Labute approximate surface area is 175 Å². The number of carbonyl (C=O) groups is 1. The third kappa shape index (κ3) is 3.45. The Kier molecular flexibility index (Phi) is 5.12. The lowest BCUT2D eigenvalue weighted by atomic mass is 10.2. The van der Waals surface area contributed by atoms with Gasteiger partial charge in [-0.1, -0.05) is 46.9 Å². The maximum atomic E-state index is 13.0. The molecule has 0 atom stereocenters. The number of para-hydroxylation sites is 2. The van der Waals surface area contributed by atoms with Crippen molar-refractivity contribution >= 4 is 67.8 Å². The van der Waals surface area contributed by atoms with Crippen molar-refractivity contribution in [2.24, 2.45) is 0 Å². The Bertz CT molecular complexity index is 1030. The molecular formula is C19H15Cl3N2O2S. The summed E-state index contributed by atoms with van der Waals surface area (Å²) in [5.41, 5.74) is 0.783. The first-order chi connectivity index (χ1) is 13.0. The minimum atomic E-state index is -0.106. The predicted octanol–water partition coefficient (Wildman–Crippen LogP) is 5.53. The SMILES string of the molecule is O=C(c1sc2cc(Cl)cc(Cl)c2c1Cl)N1CCN(c2ccccc2O)CC1. The molecule has 0 aliphatic carbocycles. The molecule has 0 radical (unpaired) electrons. The normalized spacial score (nSPS) is 14.8. The van der Waals surface area contributed by atoms with E-state index in [1.807, 2.05) is 12.1 Å². The van der Waals surface area contributed by atoms with Crippen LogP contribution in [0, 0.1) is 0 Å². The summed E-state index contributed by atoms with van der Waals surface area (Å²) in [6.07, 6.45) is 0. The summed E-state index contributed by atoms with van der Waals surface area (Å²) in [5.74, 6) is 0.140. The minimum absolute atomic E-state index is 0.106. The monoisotopic (exact) mass is 440 g/mol. The van der Waals surface area contributed by atoms with E-state index in [1.54, 1.807) is 29.2 Å². The van der Waals surface area contributed by atoms with Crippen molar-refractivity contribution in [1.82, 2.24) is 4.90 Å². The van der Waals surface area contributed by atoms with Gasteiger partial charge in [0, 0.05) is 41.3 Å². The number of nitrogens with zero attached hydrogens (tertiary/aromatic N) is 2. The number of hydrogen-bond donors (Lipinski definition) is 1. The van der Waals surface area contributed by atoms with Gasteiger partial charge < -0.3 is 14.9 Å². The second kappa shape index (κ2) is 7.40. The van der Waals surface area contributed by atoms with Gasteiger partial charge in [0.25, 0.3) is 5.91 Å². The molecule has 0 unspecified atom stereocenters. The highest BCUT2D eigenvalue weighted by Crippen LogP contribution is 2.41. The minimum Gasteiger partial charge on any atom is -0.506 e. The third-order valence-electron chi connectivity index (χ3n) is 4.63. The van der Waals surface area contributed by atoms with E-state index in [-0.39, 0.29) is 11.7 Å². The van der Waals surface area contributed by atoms with E-state index in [4.69, 9.17) is 34.8 Å². The number of anilines is 1. The number of halogens is 3. The summed E-state index contributed by atoms with van der Waals surface area (Å²) in [7, 11) is 0. The highest BCUT2D eigenvalue weighted by Gasteiger charge is 2.27. The van der Waals surface area contributed by atoms with Crippen LogP contribution >= 0.6 is 46.1 Å². The number of rotatable bonds is 2. The highest BCUT2D eigenvalue weighted by molar-refractivity contribution is 7.21. The van der Waals surface area contributed by atoms with Crippen LogP contribution in [0.15, 0.2) is 36.4 Å². The van der Waals surface area contributed by atoms with Gasteiger partial charge in [-0.25, -0.2) is 0 Å². The average Bonchev–Trinajstić information content (AvgIpc) is 2.98. The van der Waals surface area contributed by atoms with Gasteiger partial charge in [-0.3, -0.25) is 4.79 Å². The Morgan fingerprint density at radius 2 is 1.74 bits per heavy atom. The van der Waals surface area contributed by atoms with Crippen LogP contribution in [-0.2, 0) is 0 Å². The van der Waals surface area contributed by atoms with Gasteiger partial charge in [0.2, 0.25) is 0 Å². The fourth-order valence-corrected chi connectivity index (χ4v) is 5.62. The number of fused-ring (bicyclic) bond motifs is 1. The van der Waals surface area contributed by atoms with Crippen molar-refractivity contribution in [3.05, 3.63) is 56.3 Å². The Morgan fingerprint density at radius 1 is 1.04 bits per heavy atom. The Hall–Kier alpha value is -1.66. The molecule has 8 heteroatoms. The van der Waals surface area contributed by atoms with Crippen molar-refractivity contribution in [3.8, 4) is 5.75 Å². The molecule has 1 amide bonds. The molecule has 140 valence electrons. The van der Waals surface area contributed by atoms with Gasteiger partial charge in [-0.15, -0.1) is 11.3 Å². The topological polar surface area (TPSA) is 43.8 Å². The lowest BCUT2D eigenvalue weighted by Gasteiger charge is -2.36. The fraction of sp³-hybridized carbons (Fsp3) is 0.211. The van der Waals surface area contributed by atoms with E-state index in [9.17, 15) is 9.90 Å². The molecule has 0 spiro atoms. The van der Waals surface area contributed by atoms with Crippen LogP contribution in [0.1, 0.15) is 9.67 Å².